The minimum atomic E-state index is -2.48. The molecular weight excluding hydrogens is 152 g/mol. The Hall–Kier alpha value is -1.00. The molecule has 11 heavy (non-hydrogen) atoms. The van der Waals surface area contributed by atoms with Crippen molar-refractivity contribution in [1.29, 1.82) is 0 Å². The van der Waals surface area contributed by atoms with Gasteiger partial charge in [0.2, 0.25) is 0 Å². The Balaban J connectivity index is 2.03. The average molecular weight is 159 g/mol. The second kappa shape index (κ2) is 1.99. The quantitative estimate of drug-likeness (QED) is 0.617. The lowest BCUT2D eigenvalue weighted by atomic mass is 9.88. The summed E-state index contributed by atoms with van der Waals surface area (Å²) >= 11 is 0. The molecule has 2 rings (SSSR count). The highest BCUT2D eigenvalue weighted by Gasteiger charge is 2.46. The molecule has 0 radical (unpaired) electrons. The molecule has 0 atom stereocenters. The normalized spacial score (nSPS) is 23.1. The molecule has 0 saturated heterocycles. The lowest BCUT2D eigenvalue weighted by Crippen LogP contribution is -2.37. The Morgan fingerprint density at radius 2 is 2.18 bits per heavy atom. The van der Waals surface area contributed by atoms with E-state index in [9.17, 15) is 8.78 Å². The molecule has 0 bridgehead atoms. The van der Waals surface area contributed by atoms with Crippen LogP contribution < -0.4 is 0 Å². The maximum atomic E-state index is 12.3. The van der Waals surface area contributed by atoms with E-state index in [0.29, 0.717) is 0 Å². The van der Waals surface area contributed by atoms with Gasteiger partial charge in [0.15, 0.2) is 0 Å². The Kier molecular flexibility index (Phi) is 1.21. The molecule has 1 fully saturated rings. The molecule has 0 N–H and O–H groups in total. The summed E-state index contributed by atoms with van der Waals surface area (Å²) in [5.41, 5.74) is 0. The summed E-state index contributed by atoms with van der Waals surface area (Å²) in [7, 11) is 0. The molecule has 1 aromatic heterocycles. The molecule has 1 heterocycles. The monoisotopic (exact) mass is 159 g/mol. The van der Waals surface area contributed by atoms with Crippen molar-refractivity contribution in [2.75, 3.05) is 0 Å². The Morgan fingerprint density at radius 3 is 2.64 bits per heavy atom. The van der Waals surface area contributed by atoms with Crippen LogP contribution in [0, 0.1) is 0 Å². The zero-order valence-electron chi connectivity index (χ0n) is 5.74. The maximum Gasteiger partial charge on any atom is 0.252 e. The van der Waals surface area contributed by atoms with Crippen LogP contribution in [0.15, 0.2) is 12.4 Å². The van der Waals surface area contributed by atoms with Crippen molar-refractivity contribution < 1.29 is 8.78 Å². The number of aromatic nitrogens is 3. The largest absolute Gasteiger partial charge is 0.252 e. The fourth-order valence-corrected chi connectivity index (χ4v) is 1.23. The molecule has 0 amide bonds. The molecule has 3 nitrogen and oxygen atoms in total. The number of halogens is 2. The number of rotatable bonds is 1. The average Bonchev–Trinajstić information content (AvgIpc) is 2.32. The summed E-state index contributed by atoms with van der Waals surface area (Å²) in [6, 6.07) is -0.146. The van der Waals surface area contributed by atoms with E-state index < -0.39 is 5.92 Å². The van der Waals surface area contributed by atoms with E-state index in [1.807, 2.05) is 0 Å². The zero-order chi connectivity index (χ0) is 7.90. The summed E-state index contributed by atoms with van der Waals surface area (Å²) in [4.78, 5) is 0. The first-order chi connectivity index (χ1) is 5.17. The first-order valence-corrected chi connectivity index (χ1v) is 3.41. The Labute approximate surface area is 62.0 Å². The van der Waals surface area contributed by atoms with E-state index in [1.165, 1.54) is 10.9 Å². The summed E-state index contributed by atoms with van der Waals surface area (Å²) < 4.78 is 26.1. The predicted molar refractivity (Wildman–Crippen MR) is 33.2 cm³/mol. The van der Waals surface area contributed by atoms with Crippen molar-refractivity contribution >= 4 is 0 Å². The minimum Gasteiger partial charge on any atom is -0.249 e. The third-order valence-electron chi connectivity index (χ3n) is 1.88. The lowest BCUT2D eigenvalue weighted by Gasteiger charge is -2.34. The van der Waals surface area contributed by atoms with Gasteiger partial charge in [0.25, 0.3) is 5.92 Å². The molecule has 0 aliphatic heterocycles. The predicted octanol–water partition coefficient (Wildman–Crippen LogP) is 1.25. The SMILES string of the molecule is FC1(F)CC(n2ccnn2)C1. The highest BCUT2D eigenvalue weighted by Crippen LogP contribution is 2.44. The van der Waals surface area contributed by atoms with Gasteiger partial charge in [0.05, 0.1) is 12.2 Å². The second-order valence-corrected chi connectivity index (χ2v) is 2.80. The third kappa shape index (κ3) is 1.10. The topological polar surface area (TPSA) is 30.7 Å². The Morgan fingerprint density at radius 1 is 1.45 bits per heavy atom. The molecule has 1 aliphatic carbocycles. The van der Waals surface area contributed by atoms with Gasteiger partial charge in [0, 0.05) is 19.0 Å². The van der Waals surface area contributed by atoms with Crippen LogP contribution >= 0.6 is 0 Å². The fraction of sp³-hybridized carbons (Fsp3) is 0.667. The minimum absolute atomic E-state index is 0.101. The molecule has 60 valence electrons. The first-order valence-electron chi connectivity index (χ1n) is 3.41. The number of hydrogen-bond acceptors (Lipinski definition) is 2. The standard InChI is InChI=1S/C6H7F2N3/c7-6(8)3-5(4-6)11-2-1-9-10-11/h1-2,5H,3-4H2. The van der Waals surface area contributed by atoms with Crippen molar-refractivity contribution in [3.8, 4) is 0 Å². The van der Waals surface area contributed by atoms with Crippen LogP contribution in [-0.4, -0.2) is 20.9 Å². The van der Waals surface area contributed by atoms with Crippen LogP contribution in [0.4, 0.5) is 8.78 Å². The van der Waals surface area contributed by atoms with Gasteiger partial charge in [-0.3, -0.25) is 0 Å². The highest BCUT2D eigenvalue weighted by atomic mass is 19.3. The summed E-state index contributed by atoms with van der Waals surface area (Å²) in [6.07, 6.45) is 2.91. The van der Waals surface area contributed by atoms with Crippen molar-refractivity contribution in [1.82, 2.24) is 15.0 Å². The van der Waals surface area contributed by atoms with Gasteiger partial charge >= 0.3 is 0 Å². The summed E-state index contributed by atoms with van der Waals surface area (Å²) in [6.45, 7) is 0. The van der Waals surface area contributed by atoms with Gasteiger partial charge in [-0.15, -0.1) is 5.10 Å². The van der Waals surface area contributed by atoms with Crippen LogP contribution in [0.25, 0.3) is 0 Å². The van der Waals surface area contributed by atoms with Crippen molar-refractivity contribution in [2.45, 2.75) is 24.8 Å². The molecule has 1 aromatic rings. The molecule has 5 heteroatoms. The van der Waals surface area contributed by atoms with Crippen molar-refractivity contribution in [3.63, 3.8) is 0 Å². The molecule has 1 saturated carbocycles. The number of hydrogen-bond donors (Lipinski definition) is 0. The summed E-state index contributed by atoms with van der Waals surface area (Å²) in [5, 5.41) is 7.18. The van der Waals surface area contributed by atoms with Crippen LogP contribution in [-0.2, 0) is 0 Å². The fourth-order valence-electron chi connectivity index (χ4n) is 1.23. The number of alkyl halides is 2. The molecule has 0 aromatic carbocycles. The molecular formula is C6H7F2N3. The van der Waals surface area contributed by atoms with Gasteiger partial charge in [-0.25, -0.2) is 13.5 Å². The van der Waals surface area contributed by atoms with Crippen molar-refractivity contribution in [3.05, 3.63) is 12.4 Å². The van der Waals surface area contributed by atoms with Crippen LogP contribution in [0.1, 0.15) is 18.9 Å². The van der Waals surface area contributed by atoms with E-state index in [0.717, 1.165) is 0 Å². The number of nitrogens with zero attached hydrogens (tertiary/aromatic N) is 3. The van der Waals surface area contributed by atoms with Crippen LogP contribution in [0.3, 0.4) is 0 Å². The smallest absolute Gasteiger partial charge is 0.249 e. The van der Waals surface area contributed by atoms with E-state index in [-0.39, 0.29) is 18.9 Å². The maximum absolute atomic E-state index is 12.3. The van der Waals surface area contributed by atoms with Crippen LogP contribution in [0.2, 0.25) is 0 Å². The third-order valence-corrected chi connectivity index (χ3v) is 1.88. The van der Waals surface area contributed by atoms with Crippen LogP contribution in [0.5, 0.6) is 0 Å². The molecule has 0 spiro atoms. The van der Waals surface area contributed by atoms with Gasteiger partial charge in [-0.05, 0) is 0 Å². The molecule has 0 unspecified atom stereocenters. The zero-order valence-corrected chi connectivity index (χ0v) is 5.74. The van der Waals surface area contributed by atoms with E-state index in [4.69, 9.17) is 0 Å². The Bertz CT molecular complexity index is 236. The highest BCUT2D eigenvalue weighted by molar-refractivity contribution is 4.90. The first kappa shape index (κ1) is 6.69. The van der Waals surface area contributed by atoms with Gasteiger partial charge in [0.1, 0.15) is 0 Å². The van der Waals surface area contributed by atoms with Gasteiger partial charge in [-0.2, -0.15) is 0 Å². The van der Waals surface area contributed by atoms with Crippen molar-refractivity contribution in [2.24, 2.45) is 0 Å². The van der Waals surface area contributed by atoms with E-state index in [2.05, 4.69) is 10.3 Å². The molecule has 1 aliphatic rings. The summed E-state index contributed by atoms with van der Waals surface area (Å²) in [5.74, 6) is -2.48. The van der Waals surface area contributed by atoms with E-state index in [1.54, 1.807) is 6.20 Å². The van der Waals surface area contributed by atoms with E-state index >= 15 is 0 Å². The lowest BCUT2D eigenvalue weighted by molar-refractivity contribution is -0.107. The van der Waals surface area contributed by atoms with Gasteiger partial charge in [-0.1, -0.05) is 5.21 Å². The van der Waals surface area contributed by atoms with Gasteiger partial charge < -0.3 is 0 Å². The second-order valence-electron chi connectivity index (χ2n) is 2.80.